The summed E-state index contributed by atoms with van der Waals surface area (Å²) >= 11 is 0. The standard InChI is InChI=1S/C13H27NO/c1-11(2)8-9-15-10-13(14)12-6-4-3-5-7-12/h11-13H,3-10,14H2,1-2H3. The topological polar surface area (TPSA) is 35.2 Å². The Hall–Kier alpha value is -0.0800. The van der Waals surface area contributed by atoms with Gasteiger partial charge in [0.15, 0.2) is 0 Å². The van der Waals surface area contributed by atoms with Gasteiger partial charge in [-0.15, -0.1) is 0 Å². The van der Waals surface area contributed by atoms with Crippen molar-refractivity contribution in [2.24, 2.45) is 17.6 Å². The van der Waals surface area contributed by atoms with Crippen LogP contribution in [-0.4, -0.2) is 19.3 Å². The van der Waals surface area contributed by atoms with Gasteiger partial charge < -0.3 is 10.5 Å². The Balaban J connectivity index is 2.04. The Labute approximate surface area is 94.6 Å². The molecule has 0 spiro atoms. The van der Waals surface area contributed by atoms with Crippen molar-refractivity contribution in [2.75, 3.05) is 13.2 Å². The highest BCUT2D eigenvalue weighted by molar-refractivity contribution is 4.76. The van der Waals surface area contributed by atoms with Gasteiger partial charge in [0.1, 0.15) is 0 Å². The molecule has 1 aliphatic carbocycles. The summed E-state index contributed by atoms with van der Waals surface area (Å²) in [5.41, 5.74) is 6.14. The van der Waals surface area contributed by atoms with E-state index < -0.39 is 0 Å². The molecule has 0 bridgehead atoms. The largest absolute Gasteiger partial charge is 0.380 e. The predicted octanol–water partition coefficient (Wildman–Crippen LogP) is 2.96. The molecule has 0 heterocycles. The second-order valence-corrected chi connectivity index (χ2v) is 5.32. The van der Waals surface area contributed by atoms with Crippen LogP contribution in [-0.2, 0) is 4.74 Å². The van der Waals surface area contributed by atoms with E-state index in [-0.39, 0.29) is 6.04 Å². The second-order valence-electron chi connectivity index (χ2n) is 5.32. The molecule has 0 saturated heterocycles. The smallest absolute Gasteiger partial charge is 0.0620 e. The van der Waals surface area contributed by atoms with Crippen LogP contribution in [0.3, 0.4) is 0 Å². The molecule has 1 rings (SSSR count). The van der Waals surface area contributed by atoms with Crippen LogP contribution in [0.25, 0.3) is 0 Å². The highest BCUT2D eigenvalue weighted by atomic mass is 16.5. The van der Waals surface area contributed by atoms with E-state index in [4.69, 9.17) is 10.5 Å². The van der Waals surface area contributed by atoms with Crippen molar-refractivity contribution in [1.82, 2.24) is 0 Å². The maximum atomic E-state index is 6.14. The summed E-state index contributed by atoms with van der Waals surface area (Å²) in [6.45, 7) is 6.09. The van der Waals surface area contributed by atoms with E-state index in [1.165, 1.54) is 32.1 Å². The van der Waals surface area contributed by atoms with Gasteiger partial charge in [0.25, 0.3) is 0 Å². The zero-order valence-corrected chi connectivity index (χ0v) is 10.4. The van der Waals surface area contributed by atoms with Crippen LogP contribution < -0.4 is 5.73 Å². The minimum atomic E-state index is 0.275. The quantitative estimate of drug-likeness (QED) is 0.688. The zero-order valence-electron chi connectivity index (χ0n) is 10.4. The fourth-order valence-electron chi connectivity index (χ4n) is 2.24. The molecule has 15 heavy (non-hydrogen) atoms. The van der Waals surface area contributed by atoms with Crippen molar-refractivity contribution in [3.8, 4) is 0 Å². The van der Waals surface area contributed by atoms with Gasteiger partial charge in [-0.2, -0.15) is 0 Å². The zero-order chi connectivity index (χ0) is 11.1. The van der Waals surface area contributed by atoms with E-state index in [1.54, 1.807) is 0 Å². The van der Waals surface area contributed by atoms with E-state index in [2.05, 4.69) is 13.8 Å². The van der Waals surface area contributed by atoms with Crippen LogP contribution in [0.15, 0.2) is 0 Å². The van der Waals surface area contributed by atoms with Crippen molar-refractivity contribution in [3.05, 3.63) is 0 Å². The van der Waals surface area contributed by atoms with Crippen LogP contribution in [0.2, 0.25) is 0 Å². The predicted molar refractivity (Wildman–Crippen MR) is 64.8 cm³/mol. The number of nitrogens with two attached hydrogens (primary N) is 1. The molecular weight excluding hydrogens is 186 g/mol. The molecule has 2 nitrogen and oxygen atoms in total. The van der Waals surface area contributed by atoms with Crippen LogP contribution in [0.4, 0.5) is 0 Å². The van der Waals surface area contributed by atoms with Gasteiger partial charge in [-0.25, -0.2) is 0 Å². The Kier molecular flexibility index (Phi) is 6.26. The van der Waals surface area contributed by atoms with E-state index in [0.29, 0.717) is 0 Å². The molecular formula is C13H27NO. The van der Waals surface area contributed by atoms with Crippen LogP contribution in [0.1, 0.15) is 52.4 Å². The van der Waals surface area contributed by atoms with Crippen LogP contribution >= 0.6 is 0 Å². The molecule has 0 aromatic heterocycles. The van der Waals surface area contributed by atoms with Crippen LogP contribution in [0, 0.1) is 11.8 Å². The molecule has 1 aliphatic rings. The highest BCUT2D eigenvalue weighted by Gasteiger charge is 2.20. The van der Waals surface area contributed by atoms with Crippen molar-refractivity contribution in [2.45, 2.75) is 58.4 Å². The maximum absolute atomic E-state index is 6.14. The summed E-state index contributed by atoms with van der Waals surface area (Å²) in [6, 6.07) is 0.275. The first-order chi connectivity index (χ1) is 7.20. The lowest BCUT2D eigenvalue weighted by molar-refractivity contribution is 0.0901. The molecule has 0 aromatic carbocycles. The molecule has 0 aliphatic heterocycles. The fraction of sp³-hybridized carbons (Fsp3) is 1.00. The number of hydrogen-bond donors (Lipinski definition) is 1. The molecule has 2 heteroatoms. The van der Waals surface area contributed by atoms with Crippen molar-refractivity contribution < 1.29 is 4.74 Å². The number of hydrogen-bond acceptors (Lipinski definition) is 2. The maximum Gasteiger partial charge on any atom is 0.0620 e. The minimum Gasteiger partial charge on any atom is -0.380 e. The molecule has 1 fully saturated rings. The van der Waals surface area contributed by atoms with Crippen molar-refractivity contribution in [3.63, 3.8) is 0 Å². The van der Waals surface area contributed by atoms with E-state index >= 15 is 0 Å². The number of ether oxygens (including phenoxy) is 1. The first-order valence-electron chi connectivity index (χ1n) is 6.53. The third-order valence-corrected chi connectivity index (χ3v) is 3.41. The number of rotatable bonds is 6. The molecule has 1 atom stereocenters. The summed E-state index contributed by atoms with van der Waals surface area (Å²) < 4.78 is 5.63. The Morgan fingerprint density at radius 1 is 1.20 bits per heavy atom. The Morgan fingerprint density at radius 3 is 2.47 bits per heavy atom. The highest BCUT2D eigenvalue weighted by Crippen LogP contribution is 2.25. The first kappa shape index (κ1) is 13.0. The minimum absolute atomic E-state index is 0.275. The summed E-state index contributed by atoms with van der Waals surface area (Å²) in [5.74, 6) is 1.45. The van der Waals surface area contributed by atoms with Gasteiger partial charge in [0.2, 0.25) is 0 Å². The lowest BCUT2D eigenvalue weighted by Gasteiger charge is -2.27. The average molecular weight is 213 g/mol. The van der Waals surface area contributed by atoms with Crippen LogP contribution in [0.5, 0.6) is 0 Å². The average Bonchev–Trinajstić information content (AvgIpc) is 2.25. The lowest BCUT2D eigenvalue weighted by Crippen LogP contribution is -2.36. The van der Waals surface area contributed by atoms with Crippen molar-refractivity contribution in [1.29, 1.82) is 0 Å². The first-order valence-corrected chi connectivity index (χ1v) is 6.53. The lowest BCUT2D eigenvalue weighted by atomic mass is 9.84. The Morgan fingerprint density at radius 2 is 1.87 bits per heavy atom. The van der Waals surface area contributed by atoms with Gasteiger partial charge in [-0.3, -0.25) is 0 Å². The molecule has 0 amide bonds. The summed E-state index contributed by atoms with van der Waals surface area (Å²) in [5, 5.41) is 0. The van der Waals surface area contributed by atoms with E-state index in [0.717, 1.165) is 31.5 Å². The Bertz CT molecular complexity index is 153. The molecule has 2 N–H and O–H groups in total. The van der Waals surface area contributed by atoms with Gasteiger partial charge >= 0.3 is 0 Å². The van der Waals surface area contributed by atoms with Gasteiger partial charge in [0, 0.05) is 12.6 Å². The molecule has 0 radical (unpaired) electrons. The summed E-state index contributed by atoms with van der Waals surface area (Å²) in [6.07, 6.45) is 7.91. The van der Waals surface area contributed by atoms with Gasteiger partial charge in [-0.05, 0) is 31.1 Å². The fourth-order valence-corrected chi connectivity index (χ4v) is 2.24. The monoisotopic (exact) mass is 213 g/mol. The normalized spacial score (nSPS) is 20.8. The third-order valence-electron chi connectivity index (χ3n) is 3.41. The SMILES string of the molecule is CC(C)CCOCC(N)C1CCCCC1. The summed E-state index contributed by atoms with van der Waals surface area (Å²) in [7, 11) is 0. The molecule has 90 valence electrons. The third kappa shape index (κ3) is 5.53. The summed E-state index contributed by atoms with van der Waals surface area (Å²) in [4.78, 5) is 0. The van der Waals surface area contributed by atoms with E-state index in [9.17, 15) is 0 Å². The molecule has 1 unspecified atom stereocenters. The van der Waals surface area contributed by atoms with E-state index in [1.807, 2.05) is 0 Å². The second kappa shape index (κ2) is 7.24. The molecule has 0 aromatic rings. The molecule has 1 saturated carbocycles. The van der Waals surface area contributed by atoms with Gasteiger partial charge in [-0.1, -0.05) is 33.1 Å². The van der Waals surface area contributed by atoms with Crippen molar-refractivity contribution >= 4 is 0 Å². The van der Waals surface area contributed by atoms with Gasteiger partial charge in [0.05, 0.1) is 6.61 Å².